The Kier molecular flexibility index (Phi) is 6.09. The van der Waals surface area contributed by atoms with Crippen LogP contribution < -0.4 is 4.90 Å². The molecule has 11 aromatic rings. The number of hydrogen-bond acceptors (Lipinski definition) is 3. The van der Waals surface area contributed by atoms with Crippen LogP contribution in [0.3, 0.4) is 0 Å². The molecule has 0 amide bonds. The van der Waals surface area contributed by atoms with Crippen LogP contribution in [-0.2, 0) is 5.41 Å². The van der Waals surface area contributed by atoms with Crippen LogP contribution in [-0.4, -0.2) is 4.98 Å². The molecule has 0 saturated carbocycles. The minimum atomic E-state index is -0.161. The monoisotopic (exact) mass is 706 g/mol. The molecule has 3 heterocycles. The van der Waals surface area contributed by atoms with Gasteiger partial charge in [-0.2, -0.15) is 0 Å². The van der Waals surface area contributed by atoms with Crippen molar-refractivity contribution in [2.75, 3.05) is 4.90 Å². The molecule has 260 valence electrons. The van der Waals surface area contributed by atoms with Crippen molar-refractivity contribution in [3.05, 3.63) is 175 Å². The maximum absolute atomic E-state index is 6.43. The normalized spacial score (nSPS) is 13.4. The van der Waals surface area contributed by atoms with Gasteiger partial charge in [0.1, 0.15) is 22.3 Å². The zero-order valence-electron chi connectivity index (χ0n) is 30.4. The van der Waals surface area contributed by atoms with Gasteiger partial charge in [0, 0.05) is 43.7 Å². The molecule has 1 aliphatic rings. The second kappa shape index (κ2) is 11.0. The highest BCUT2D eigenvalue weighted by molar-refractivity contribution is 6.18. The van der Waals surface area contributed by atoms with Gasteiger partial charge in [0.15, 0.2) is 0 Å². The van der Waals surface area contributed by atoms with E-state index in [4.69, 9.17) is 8.83 Å². The fraction of sp³-hybridized carbons (Fsp3) is 0.0588. The summed E-state index contributed by atoms with van der Waals surface area (Å²) in [5, 5.41) is 6.87. The molecule has 55 heavy (non-hydrogen) atoms. The molecule has 3 aromatic heterocycles. The van der Waals surface area contributed by atoms with Crippen LogP contribution in [0, 0.1) is 0 Å². The van der Waals surface area contributed by atoms with Crippen molar-refractivity contribution in [1.29, 1.82) is 0 Å². The third-order valence-corrected chi connectivity index (χ3v) is 12.0. The highest BCUT2D eigenvalue weighted by Gasteiger charge is 2.36. The van der Waals surface area contributed by atoms with E-state index in [1.165, 1.54) is 49.6 Å². The van der Waals surface area contributed by atoms with Crippen molar-refractivity contribution in [3.63, 3.8) is 0 Å². The number of para-hydroxylation sites is 3. The SMILES string of the molecule is CC1(C)c2cc(-c3cccc(N(c4cccc5oc6ccccc6c45)c4cccc5oc6ccccc6c45)c3)ccc2-c2cc3c(cc21)[nH]c1ccccc13. The maximum Gasteiger partial charge on any atom is 0.137 e. The summed E-state index contributed by atoms with van der Waals surface area (Å²) in [7, 11) is 0. The summed E-state index contributed by atoms with van der Waals surface area (Å²) >= 11 is 0. The van der Waals surface area contributed by atoms with Gasteiger partial charge < -0.3 is 18.7 Å². The van der Waals surface area contributed by atoms with Crippen LogP contribution in [0.1, 0.15) is 25.0 Å². The number of furan rings is 2. The summed E-state index contributed by atoms with van der Waals surface area (Å²) in [5.41, 5.74) is 16.5. The molecule has 1 aliphatic carbocycles. The van der Waals surface area contributed by atoms with Crippen LogP contribution >= 0.6 is 0 Å². The van der Waals surface area contributed by atoms with Gasteiger partial charge in [-0.05, 0) is 106 Å². The molecular formula is C51H34N2O2. The molecule has 0 unspecified atom stereocenters. The number of nitrogens with zero attached hydrogens (tertiary/aromatic N) is 1. The van der Waals surface area contributed by atoms with Gasteiger partial charge in [-0.3, -0.25) is 0 Å². The van der Waals surface area contributed by atoms with Crippen LogP contribution in [0.2, 0.25) is 0 Å². The van der Waals surface area contributed by atoms with Crippen LogP contribution in [0.5, 0.6) is 0 Å². The number of H-pyrrole nitrogens is 1. The van der Waals surface area contributed by atoms with Gasteiger partial charge in [0.05, 0.1) is 22.1 Å². The Morgan fingerprint density at radius 3 is 1.73 bits per heavy atom. The first-order valence-corrected chi connectivity index (χ1v) is 18.9. The molecule has 0 radical (unpaired) electrons. The van der Waals surface area contributed by atoms with Gasteiger partial charge in [-0.15, -0.1) is 0 Å². The van der Waals surface area contributed by atoms with Crippen LogP contribution in [0.25, 0.3) is 87.9 Å². The Balaban J connectivity index is 1.06. The van der Waals surface area contributed by atoms with Crippen molar-refractivity contribution < 1.29 is 8.83 Å². The lowest BCUT2D eigenvalue weighted by Crippen LogP contribution is -2.15. The first-order chi connectivity index (χ1) is 27.0. The number of benzene rings is 8. The van der Waals surface area contributed by atoms with Gasteiger partial charge >= 0.3 is 0 Å². The van der Waals surface area contributed by atoms with Crippen molar-refractivity contribution in [1.82, 2.24) is 4.98 Å². The number of aromatic nitrogens is 1. The van der Waals surface area contributed by atoms with E-state index in [0.717, 1.165) is 66.5 Å². The van der Waals surface area contributed by atoms with E-state index in [-0.39, 0.29) is 5.41 Å². The van der Waals surface area contributed by atoms with Gasteiger partial charge in [-0.1, -0.05) is 105 Å². The molecule has 0 atom stereocenters. The zero-order valence-corrected chi connectivity index (χ0v) is 30.4. The van der Waals surface area contributed by atoms with E-state index < -0.39 is 0 Å². The average Bonchev–Trinajstić information content (AvgIpc) is 3.96. The van der Waals surface area contributed by atoms with Crippen molar-refractivity contribution in [3.8, 4) is 22.3 Å². The molecule has 1 N–H and O–H groups in total. The molecule has 0 bridgehead atoms. The predicted molar refractivity (Wildman–Crippen MR) is 228 cm³/mol. The van der Waals surface area contributed by atoms with Crippen LogP contribution in [0.15, 0.2) is 173 Å². The Hall–Kier alpha value is -7.04. The van der Waals surface area contributed by atoms with E-state index >= 15 is 0 Å². The summed E-state index contributed by atoms with van der Waals surface area (Å²) < 4.78 is 12.9. The zero-order chi connectivity index (χ0) is 36.4. The highest BCUT2D eigenvalue weighted by atomic mass is 16.3. The van der Waals surface area contributed by atoms with E-state index in [1.54, 1.807) is 0 Å². The third kappa shape index (κ3) is 4.28. The summed E-state index contributed by atoms with van der Waals surface area (Å²) in [6.07, 6.45) is 0. The minimum Gasteiger partial charge on any atom is -0.456 e. The molecule has 4 nitrogen and oxygen atoms in total. The molecule has 12 rings (SSSR count). The number of anilines is 3. The van der Waals surface area contributed by atoms with Crippen molar-refractivity contribution >= 4 is 82.7 Å². The number of fused-ring (bicyclic) bond motifs is 12. The minimum absolute atomic E-state index is 0.161. The fourth-order valence-corrected chi connectivity index (χ4v) is 9.38. The molecule has 0 spiro atoms. The lowest BCUT2D eigenvalue weighted by Gasteiger charge is -2.27. The number of rotatable bonds is 4. The third-order valence-electron chi connectivity index (χ3n) is 12.0. The summed E-state index contributed by atoms with van der Waals surface area (Å²) in [6.45, 7) is 4.72. The Bertz CT molecular complexity index is 3260. The molecule has 0 saturated heterocycles. The summed E-state index contributed by atoms with van der Waals surface area (Å²) in [6, 6.07) is 58.7. The standard InChI is InChI=1S/C51H34N2O2/c1-51(2)39-27-31(24-25-33(39)37-28-38-34-14-3-6-17-41(34)52-42(38)29-40(37)51)30-12-9-13-32(26-30)53(43-18-10-22-47-49(43)35-15-4-7-20-45(35)54-47)44-19-11-23-48-50(44)36-16-5-8-21-46(36)55-48/h3-29,52H,1-2H3. The Morgan fingerprint density at radius 2 is 1.02 bits per heavy atom. The molecular weight excluding hydrogens is 673 g/mol. The van der Waals surface area contributed by atoms with Crippen molar-refractivity contribution in [2.24, 2.45) is 0 Å². The molecule has 4 heteroatoms. The van der Waals surface area contributed by atoms with Gasteiger partial charge in [-0.25, -0.2) is 0 Å². The first kappa shape index (κ1) is 30.4. The number of aromatic amines is 1. The second-order valence-corrected chi connectivity index (χ2v) is 15.4. The molecule has 8 aromatic carbocycles. The van der Waals surface area contributed by atoms with Crippen molar-refractivity contribution in [2.45, 2.75) is 19.3 Å². The Labute approximate surface area is 316 Å². The second-order valence-electron chi connectivity index (χ2n) is 15.4. The van der Waals surface area contributed by atoms with Gasteiger partial charge in [0.25, 0.3) is 0 Å². The van der Waals surface area contributed by atoms with E-state index in [1.807, 2.05) is 24.3 Å². The topological polar surface area (TPSA) is 45.3 Å². The largest absolute Gasteiger partial charge is 0.456 e. The Morgan fingerprint density at radius 1 is 0.436 bits per heavy atom. The molecule has 0 fully saturated rings. The first-order valence-electron chi connectivity index (χ1n) is 18.9. The lowest BCUT2D eigenvalue weighted by molar-refractivity contribution is 0.661. The smallest absolute Gasteiger partial charge is 0.137 e. The quantitative estimate of drug-likeness (QED) is 0.198. The maximum atomic E-state index is 6.43. The fourth-order valence-electron chi connectivity index (χ4n) is 9.38. The number of hydrogen-bond donors (Lipinski definition) is 1. The van der Waals surface area contributed by atoms with E-state index in [2.05, 4.69) is 163 Å². The van der Waals surface area contributed by atoms with E-state index in [9.17, 15) is 0 Å². The lowest BCUT2D eigenvalue weighted by atomic mass is 9.81. The number of nitrogens with one attached hydrogen (secondary N) is 1. The van der Waals surface area contributed by atoms with Gasteiger partial charge in [0.2, 0.25) is 0 Å². The van der Waals surface area contributed by atoms with Crippen LogP contribution in [0.4, 0.5) is 17.1 Å². The predicted octanol–water partition coefficient (Wildman–Crippen LogP) is 14.6. The average molecular weight is 707 g/mol. The van der Waals surface area contributed by atoms with E-state index in [0.29, 0.717) is 0 Å². The summed E-state index contributed by atoms with van der Waals surface area (Å²) in [5.74, 6) is 0. The summed E-state index contributed by atoms with van der Waals surface area (Å²) in [4.78, 5) is 6.06. The molecule has 0 aliphatic heterocycles. The highest BCUT2D eigenvalue weighted by Crippen LogP contribution is 2.52.